The Morgan fingerprint density at radius 3 is 2.50 bits per heavy atom. The van der Waals surface area contributed by atoms with Gasteiger partial charge in [-0.3, -0.25) is 9.59 Å². The molecule has 0 aromatic heterocycles. The number of amides is 2. The molecule has 6 nitrogen and oxygen atoms in total. The van der Waals surface area contributed by atoms with Crippen LogP contribution in [-0.2, 0) is 4.79 Å². The molecule has 6 heteroatoms. The zero-order valence-electron chi connectivity index (χ0n) is 11.6. The van der Waals surface area contributed by atoms with E-state index in [1.54, 1.807) is 24.3 Å². The number of carbonyl (C=O) groups excluding carboxylic acids is 2. The van der Waals surface area contributed by atoms with Crippen LogP contribution >= 0.6 is 0 Å². The summed E-state index contributed by atoms with van der Waals surface area (Å²) >= 11 is 0. The molecule has 0 aliphatic carbocycles. The standard InChI is InChI=1S/C14H21N3O3/c1-10(15)6-8-17-13(18)7-9-20-12-4-2-11(3-5-12)14(16)19/h2-5,10H,6-9,15H2,1H3,(H2,16,19)(H,17,18). The summed E-state index contributed by atoms with van der Waals surface area (Å²) < 4.78 is 5.40. The number of rotatable bonds is 8. The van der Waals surface area contributed by atoms with E-state index in [1.807, 2.05) is 6.92 Å². The molecule has 0 saturated heterocycles. The fourth-order valence-corrected chi connectivity index (χ4v) is 1.50. The maximum absolute atomic E-state index is 11.5. The molecule has 0 fully saturated rings. The average Bonchev–Trinajstić information content (AvgIpc) is 2.39. The van der Waals surface area contributed by atoms with Crippen LogP contribution < -0.4 is 21.5 Å². The number of nitrogens with two attached hydrogens (primary N) is 2. The Morgan fingerprint density at radius 1 is 1.30 bits per heavy atom. The van der Waals surface area contributed by atoms with E-state index in [0.717, 1.165) is 6.42 Å². The summed E-state index contributed by atoms with van der Waals surface area (Å²) in [7, 11) is 0. The van der Waals surface area contributed by atoms with Gasteiger partial charge in [-0.05, 0) is 37.6 Å². The predicted molar refractivity (Wildman–Crippen MR) is 76.3 cm³/mol. The lowest BCUT2D eigenvalue weighted by molar-refractivity contribution is -0.121. The van der Waals surface area contributed by atoms with Crippen LogP contribution in [0.1, 0.15) is 30.1 Å². The Kier molecular flexibility index (Phi) is 6.52. The number of carbonyl (C=O) groups is 2. The van der Waals surface area contributed by atoms with E-state index in [9.17, 15) is 9.59 Å². The van der Waals surface area contributed by atoms with Crippen molar-refractivity contribution in [2.75, 3.05) is 13.2 Å². The van der Waals surface area contributed by atoms with Crippen LogP contribution in [-0.4, -0.2) is 31.0 Å². The lowest BCUT2D eigenvalue weighted by atomic mass is 10.2. The summed E-state index contributed by atoms with van der Waals surface area (Å²) in [5.41, 5.74) is 11.1. The SMILES string of the molecule is CC(N)CCNC(=O)CCOc1ccc(C(N)=O)cc1. The number of hydrogen-bond acceptors (Lipinski definition) is 4. The molecule has 1 aromatic rings. The van der Waals surface area contributed by atoms with Gasteiger partial charge in [-0.1, -0.05) is 0 Å². The van der Waals surface area contributed by atoms with Crippen LogP contribution in [0, 0.1) is 0 Å². The maximum Gasteiger partial charge on any atom is 0.248 e. The smallest absolute Gasteiger partial charge is 0.248 e. The molecule has 1 unspecified atom stereocenters. The molecule has 0 radical (unpaired) electrons. The minimum absolute atomic E-state index is 0.0700. The van der Waals surface area contributed by atoms with Crippen LogP contribution in [0.4, 0.5) is 0 Å². The minimum Gasteiger partial charge on any atom is -0.493 e. The third kappa shape index (κ3) is 6.19. The number of nitrogens with one attached hydrogen (secondary N) is 1. The molecular formula is C14H21N3O3. The van der Waals surface area contributed by atoms with E-state index >= 15 is 0 Å². The van der Waals surface area contributed by atoms with E-state index in [4.69, 9.17) is 16.2 Å². The Balaban J connectivity index is 2.23. The average molecular weight is 279 g/mol. The van der Waals surface area contributed by atoms with Crippen molar-refractivity contribution in [1.82, 2.24) is 5.32 Å². The van der Waals surface area contributed by atoms with Crippen molar-refractivity contribution in [3.8, 4) is 5.75 Å². The van der Waals surface area contributed by atoms with Gasteiger partial charge in [-0.25, -0.2) is 0 Å². The molecule has 2 amide bonds. The Labute approximate surface area is 118 Å². The number of primary amides is 1. The highest BCUT2D eigenvalue weighted by atomic mass is 16.5. The second kappa shape index (κ2) is 8.16. The summed E-state index contributed by atoms with van der Waals surface area (Å²) in [6.07, 6.45) is 1.03. The summed E-state index contributed by atoms with van der Waals surface area (Å²) in [6, 6.07) is 6.54. The number of ether oxygens (including phenoxy) is 1. The fourth-order valence-electron chi connectivity index (χ4n) is 1.50. The van der Waals surface area contributed by atoms with Crippen LogP contribution in [0.2, 0.25) is 0 Å². The number of benzene rings is 1. The van der Waals surface area contributed by atoms with E-state index in [2.05, 4.69) is 5.32 Å². The van der Waals surface area contributed by atoms with Gasteiger partial charge in [0, 0.05) is 18.2 Å². The highest BCUT2D eigenvalue weighted by Gasteiger charge is 2.03. The third-order valence-corrected chi connectivity index (χ3v) is 2.66. The quantitative estimate of drug-likeness (QED) is 0.640. The summed E-state index contributed by atoms with van der Waals surface area (Å²) in [6.45, 7) is 2.74. The highest BCUT2D eigenvalue weighted by molar-refractivity contribution is 5.92. The van der Waals surface area contributed by atoms with E-state index < -0.39 is 5.91 Å². The first kappa shape index (κ1) is 16.0. The molecule has 1 aromatic carbocycles. The molecule has 20 heavy (non-hydrogen) atoms. The van der Waals surface area contributed by atoms with E-state index in [0.29, 0.717) is 17.9 Å². The van der Waals surface area contributed by atoms with Crippen molar-refractivity contribution in [1.29, 1.82) is 0 Å². The topological polar surface area (TPSA) is 107 Å². The van der Waals surface area contributed by atoms with Crippen molar-refractivity contribution in [2.45, 2.75) is 25.8 Å². The zero-order valence-corrected chi connectivity index (χ0v) is 11.6. The van der Waals surface area contributed by atoms with Gasteiger partial charge in [0.05, 0.1) is 13.0 Å². The molecule has 110 valence electrons. The first-order valence-electron chi connectivity index (χ1n) is 6.54. The highest BCUT2D eigenvalue weighted by Crippen LogP contribution is 2.11. The largest absolute Gasteiger partial charge is 0.493 e. The first-order valence-corrected chi connectivity index (χ1v) is 6.54. The molecule has 1 rings (SSSR count). The Morgan fingerprint density at radius 2 is 1.95 bits per heavy atom. The normalized spacial score (nSPS) is 11.7. The van der Waals surface area contributed by atoms with Crippen molar-refractivity contribution in [3.05, 3.63) is 29.8 Å². The van der Waals surface area contributed by atoms with Crippen LogP contribution in [0.3, 0.4) is 0 Å². The molecule has 0 heterocycles. The van der Waals surface area contributed by atoms with Gasteiger partial charge in [0.15, 0.2) is 0 Å². The second-order valence-corrected chi connectivity index (χ2v) is 4.60. The lowest BCUT2D eigenvalue weighted by Crippen LogP contribution is -2.29. The minimum atomic E-state index is -0.481. The number of hydrogen-bond donors (Lipinski definition) is 3. The van der Waals surface area contributed by atoms with Crippen LogP contribution in [0.25, 0.3) is 0 Å². The van der Waals surface area contributed by atoms with E-state index in [-0.39, 0.29) is 25.0 Å². The summed E-state index contributed by atoms with van der Waals surface area (Å²) in [4.78, 5) is 22.3. The molecule has 0 aliphatic rings. The van der Waals surface area contributed by atoms with Gasteiger partial charge in [-0.2, -0.15) is 0 Å². The van der Waals surface area contributed by atoms with Gasteiger partial charge < -0.3 is 21.5 Å². The third-order valence-electron chi connectivity index (χ3n) is 2.66. The molecule has 0 spiro atoms. The van der Waals surface area contributed by atoms with Gasteiger partial charge in [-0.15, -0.1) is 0 Å². The molecule has 0 saturated carbocycles. The molecule has 5 N–H and O–H groups in total. The second-order valence-electron chi connectivity index (χ2n) is 4.60. The van der Waals surface area contributed by atoms with Crippen molar-refractivity contribution < 1.29 is 14.3 Å². The van der Waals surface area contributed by atoms with Crippen molar-refractivity contribution in [3.63, 3.8) is 0 Å². The fraction of sp³-hybridized carbons (Fsp3) is 0.429. The van der Waals surface area contributed by atoms with Crippen molar-refractivity contribution >= 4 is 11.8 Å². The summed E-state index contributed by atoms with van der Waals surface area (Å²) in [5.74, 6) is 0.0443. The molecular weight excluding hydrogens is 258 g/mol. The van der Waals surface area contributed by atoms with Crippen LogP contribution in [0.5, 0.6) is 5.75 Å². The predicted octanol–water partition coefficient (Wildman–Crippen LogP) is 0.408. The van der Waals surface area contributed by atoms with Gasteiger partial charge in [0.1, 0.15) is 5.75 Å². The monoisotopic (exact) mass is 279 g/mol. The lowest BCUT2D eigenvalue weighted by Gasteiger charge is -2.08. The van der Waals surface area contributed by atoms with Crippen LogP contribution in [0.15, 0.2) is 24.3 Å². The first-order chi connectivity index (χ1) is 9.49. The zero-order chi connectivity index (χ0) is 15.0. The molecule has 0 bridgehead atoms. The Hall–Kier alpha value is -2.08. The Bertz CT molecular complexity index is 443. The van der Waals surface area contributed by atoms with Gasteiger partial charge >= 0.3 is 0 Å². The van der Waals surface area contributed by atoms with Gasteiger partial charge in [0.25, 0.3) is 0 Å². The van der Waals surface area contributed by atoms with Gasteiger partial charge in [0.2, 0.25) is 11.8 Å². The van der Waals surface area contributed by atoms with Crippen molar-refractivity contribution in [2.24, 2.45) is 11.5 Å². The summed E-state index contributed by atoms with van der Waals surface area (Å²) in [5, 5.41) is 2.76. The maximum atomic E-state index is 11.5. The molecule has 0 aliphatic heterocycles. The van der Waals surface area contributed by atoms with E-state index in [1.165, 1.54) is 0 Å². The molecule has 1 atom stereocenters.